The van der Waals surface area contributed by atoms with Crippen LogP contribution in [0.25, 0.3) is 5.69 Å². The molecule has 20 heavy (non-hydrogen) atoms. The number of rotatable bonds is 4. The van der Waals surface area contributed by atoms with Crippen molar-refractivity contribution in [1.82, 2.24) is 29.9 Å². The quantitative estimate of drug-likeness (QED) is 0.787. The normalized spacial score (nSPS) is 10.4. The highest BCUT2D eigenvalue weighted by Crippen LogP contribution is 2.08. The summed E-state index contributed by atoms with van der Waals surface area (Å²) in [5.41, 5.74) is 1.68. The third-order valence-electron chi connectivity index (χ3n) is 2.52. The van der Waals surface area contributed by atoms with Gasteiger partial charge in [-0.2, -0.15) is 0 Å². The maximum Gasteiger partial charge on any atom is 0.223 e. The number of aromatic nitrogens is 6. The van der Waals surface area contributed by atoms with Gasteiger partial charge in [0.2, 0.25) is 5.95 Å². The van der Waals surface area contributed by atoms with E-state index in [0.29, 0.717) is 17.5 Å². The van der Waals surface area contributed by atoms with Crippen molar-refractivity contribution in [2.24, 2.45) is 0 Å². The minimum absolute atomic E-state index is 0.479. The molecule has 3 aromatic rings. The minimum atomic E-state index is 0.479. The molecule has 0 saturated carbocycles. The molecule has 0 fully saturated rings. The lowest BCUT2D eigenvalue weighted by Crippen LogP contribution is -2.03. The molecule has 0 saturated heterocycles. The van der Waals surface area contributed by atoms with Crippen LogP contribution in [-0.4, -0.2) is 29.9 Å². The molecule has 0 atom stereocenters. The number of halogens is 1. The molecule has 0 spiro atoms. The van der Waals surface area contributed by atoms with Crippen LogP contribution < -0.4 is 5.32 Å². The molecule has 1 N–H and O–H groups in total. The summed E-state index contributed by atoms with van der Waals surface area (Å²) in [4.78, 5) is 12.0. The Labute approximate surface area is 119 Å². The van der Waals surface area contributed by atoms with Gasteiger partial charge in [-0.05, 0) is 12.1 Å². The lowest BCUT2D eigenvalue weighted by Gasteiger charge is -2.01. The van der Waals surface area contributed by atoms with Crippen LogP contribution >= 0.6 is 11.6 Å². The van der Waals surface area contributed by atoms with Crippen molar-refractivity contribution in [3.8, 4) is 5.69 Å². The first-order valence-electron chi connectivity index (χ1n) is 5.84. The molecule has 0 amide bonds. The van der Waals surface area contributed by atoms with Gasteiger partial charge < -0.3 is 5.32 Å². The van der Waals surface area contributed by atoms with Crippen molar-refractivity contribution in [2.45, 2.75) is 6.54 Å². The van der Waals surface area contributed by atoms with E-state index in [1.807, 2.05) is 18.3 Å². The summed E-state index contributed by atoms with van der Waals surface area (Å²) in [6.45, 7) is 0.479. The zero-order valence-corrected chi connectivity index (χ0v) is 11.1. The summed E-state index contributed by atoms with van der Waals surface area (Å²) in [5.74, 6) is 0.493. The Morgan fingerprint density at radius 1 is 1.15 bits per heavy atom. The van der Waals surface area contributed by atoms with Gasteiger partial charge in [0, 0.05) is 12.4 Å². The molecule has 8 heteroatoms. The number of pyridine rings is 1. The fourth-order valence-corrected chi connectivity index (χ4v) is 1.67. The van der Waals surface area contributed by atoms with Gasteiger partial charge in [0.1, 0.15) is 5.69 Å². The van der Waals surface area contributed by atoms with Gasteiger partial charge >= 0.3 is 0 Å². The molecule has 3 rings (SSSR count). The molecule has 3 heterocycles. The predicted octanol–water partition coefficient (Wildman–Crippen LogP) is 1.72. The maximum atomic E-state index is 5.72. The van der Waals surface area contributed by atoms with Crippen LogP contribution in [0, 0.1) is 0 Å². The highest BCUT2D eigenvalue weighted by Gasteiger charge is 2.03. The minimum Gasteiger partial charge on any atom is -0.348 e. The van der Waals surface area contributed by atoms with Gasteiger partial charge in [0.05, 0.1) is 35.8 Å². The first kappa shape index (κ1) is 12.5. The first-order valence-corrected chi connectivity index (χ1v) is 6.22. The largest absolute Gasteiger partial charge is 0.348 e. The fraction of sp³-hybridized carbons (Fsp3) is 0.0833. The zero-order chi connectivity index (χ0) is 13.8. The topological polar surface area (TPSA) is 81.4 Å². The van der Waals surface area contributed by atoms with Crippen LogP contribution in [0.1, 0.15) is 5.69 Å². The summed E-state index contributed by atoms with van der Waals surface area (Å²) >= 11 is 5.72. The van der Waals surface area contributed by atoms with E-state index in [-0.39, 0.29) is 0 Å². The molecular formula is C12H10ClN7. The molecule has 0 aliphatic rings. The van der Waals surface area contributed by atoms with E-state index < -0.39 is 0 Å². The molecule has 0 aliphatic heterocycles. The molecule has 7 nitrogen and oxygen atoms in total. The van der Waals surface area contributed by atoms with Crippen LogP contribution in [0.5, 0.6) is 0 Å². The summed E-state index contributed by atoms with van der Waals surface area (Å²) in [7, 11) is 0. The number of anilines is 1. The molecule has 0 aromatic carbocycles. The van der Waals surface area contributed by atoms with E-state index in [0.717, 1.165) is 11.4 Å². The van der Waals surface area contributed by atoms with Gasteiger partial charge in [0.25, 0.3) is 0 Å². The van der Waals surface area contributed by atoms with Crippen LogP contribution in [0.4, 0.5) is 5.95 Å². The number of nitrogens with zero attached hydrogens (tertiary/aromatic N) is 6. The summed E-state index contributed by atoms with van der Waals surface area (Å²) in [6, 6.07) is 3.71. The first-order chi connectivity index (χ1) is 9.81. The average molecular weight is 288 g/mol. The van der Waals surface area contributed by atoms with E-state index in [2.05, 4.69) is 30.6 Å². The Balaban J connectivity index is 1.67. The molecule has 3 aromatic heterocycles. The second kappa shape index (κ2) is 5.62. The fourth-order valence-electron chi connectivity index (χ4n) is 1.58. The average Bonchev–Trinajstić information content (AvgIpc) is 2.97. The van der Waals surface area contributed by atoms with Crippen molar-refractivity contribution in [1.29, 1.82) is 0 Å². The van der Waals surface area contributed by atoms with Gasteiger partial charge in [0.15, 0.2) is 0 Å². The standard InChI is InChI=1S/C12H10ClN7/c13-9-5-15-12(16-6-9)17-7-10-8-20(19-18-10)11-1-3-14-4-2-11/h1-6,8H,7H2,(H,15,16,17). The van der Waals surface area contributed by atoms with E-state index in [1.165, 1.54) is 12.4 Å². The third-order valence-corrected chi connectivity index (χ3v) is 2.71. The summed E-state index contributed by atoms with van der Waals surface area (Å²) in [5, 5.41) is 11.7. The Hall–Kier alpha value is -2.54. The van der Waals surface area contributed by atoms with E-state index >= 15 is 0 Å². The second-order valence-corrected chi connectivity index (χ2v) is 4.37. The Morgan fingerprint density at radius 2 is 1.90 bits per heavy atom. The maximum absolute atomic E-state index is 5.72. The number of hydrogen-bond donors (Lipinski definition) is 1. The van der Waals surface area contributed by atoms with Crippen molar-refractivity contribution in [3.63, 3.8) is 0 Å². The highest BCUT2D eigenvalue weighted by molar-refractivity contribution is 6.30. The van der Waals surface area contributed by atoms with Gasteiger partial charge in [-0.3, -0.25) is 4.98 Å². The lowest BCUT2D eigenvalue weighted by molar-refractivity contribution is 0.796. The molecular weight excluding hydrogens is 278 g/mol. The van der Waals surface area contributed by atoms with Crippen LogP contribution in [0.2, 0.25) is 5.02 Å². The Morgan fingerprint density at radius 3 is 2.65 bits per heavy atom. The highest BCUT2D eigenvalue weighted by atomic mass is 35.5. The lowest BCUT2D eigenvalue weighted by atomic mass is 10.4. The van der Waals surface area contributed by atoms with E-state index in [1.54, 1.807) is 17.1 Å². The summed E-state index contributed by atoms with van der Waals surface area (Å²) in [6.07, 6.45) is 8.31. The van der Waals surface area contributed by atoms with Gasteiger partial charge in [-0.1, -0.05) is 16.8 Å². The molecule has 100 valence electrons. The number of nitrogens with one attached hydrogen (secondary N) is 1. The Kier molecular flexibility index (Phi) is 3.51. The van der Waals surface area contributed by atoms with Crippen LogP contribution in [-0.2, 0) is 6.54 Å². The van der Waals surface area contributed by atoms with Crippen molar-refractivity contribution in [2.75, 3.05) is 5.32 Å². The van der Waals surface area contributed by atoms with Crippen LogP contribution in [0.3, 0.4) is 0 Å². The second-order valence-electron chi connectivity index (χ2n) is 3.94. The van der Waals surface area contributed by atoms with Crippen molar-refractivity contribution >= 4 is 17.5 Å². The monoisotopic (exact) mass is 287 g/mol. The molecule has 0 bridgehead atoms. The van der Waals surface area contributed by atoms with Gasteiger partial charge in [-0.15, -0.1) is 5.10 Å². The Bertz CT molecular complexity index is 681. The van der Waals surface area contributed by atoms with E-state index in [9.17, 15) is 0 Å². The zero-order valence-electron chi connectivity index (χ0n) is 10.3. The van der Waals surface area contributed by atoms with Gasteiger partial charge in [-0.25, -0.2) is 14.6 Å². The van der Waals surface area contributed by atoms with Crippen molar-refractivity contribution < 1.29 is 0 Å². The SMILES string of the molecule is Clc1cnc(NCc2cn(-c3ccncc3)nn2)nc1. The predicted molar refractivity (Wildman–Crippen MR) is 73.5 cm³/mol. The molecule has 0 aliphatic carbocycles. The van der Waals surface area contributed by atoms with Crippen molar-refractivity contribution in [3.05, 3.63) is 53.8 Å². The smallest absolute Gasteiger partial charge is 0.223 e. The molecule has 0 radical (unpaired) electrons. The molecule has 0 unspecified atom stereocenters. The third kappa shape index (κ3) is 2.89. The summed E-state index contributed by atoms with van der Waals surface area (Å²) < 4.78 is 1.68. The van der Waals surface area contributed by atoms with E-state index in [4.69, 9.17) is 11.6 Å². The van der Waals surface area contributed by atoms with Crippen LogP contribution in [0.15, 0.2) is 43.1 Å². The number of hydrogen-bond acceptors (Lipinski definition) is 6.